The van der Waals surface area contributed by atoms with Gasteiger partial charge in [-0.15, -0.1) is 0 Å². The van der Waals surface area contributed by atoms with E-state index in [1.165, 1.54) is 25.7 Å². The molecular formula is C22H28ClN5O4. The number of aromatic nitrogens is 4. The Labute approximate surface area is 190 Å². The molecule has 3 N–H and O–H groups in total. The molecule has 0 aliphatic heterocycles. The van der Waals surface area contributed by atoms with Crippen LogP contribution in [0.3, 0.4) is 0 Å². The van der Waals surface area contributed by atoms with Gasteiger partial charge < -0.3 is 24.8 Å². The molecule has 0 radical (unpaired) electrons. The van der Waals surface area contributed by atoms with Crippen molar-refractivity contribution in [3.8, 4) is 0 Å². The summed E-state index contributed by atoms with van der Waals surface area (Å²) in [6, 6.07) is -0.164. The summed E-state index contributed by atoms with van der Waals surface area (Å²) in [5.74, 6) is 1.27. The van der Waals surface area contributed by atoms with Gasteiger partial charge >= 0.3 is 5.97 Å². The summed E-state index contributed by atoms with van der Waals surface area (Å²) in [6.07, 6.45) is 5.38. The average molecular weight is 462 g/mol. The van der Waals surface area contributed by atoms with Gasteiger partial charge in [-0.3, -0.25) is 4.79 Å². The van der Waals surface area contributed by atoms with E-state index in [0.717, 1.165) is 0 Å². The van der Waals surface area contributed by atoms with E-state index >= 15 is 0 Å². The summed E-state index contributed by atoms with van der Waals surface area (Å²) >= 11 is 6.29. The maximum absolute atomic E-state index is 12.7. The third-order valence-electron chi connectivity index (χ3n) is 7.77. The molecule has 2 aromatic rings. The smallest absolute Gasteiger partial charge is 0.315 e. The fraction of sp³-hybridized carbons (Fsp3) is 0.727. The average Bonchev–Trinajstić information content (AvgIpc) is 3.65. The van der Waals surface area contributed by atoms with Gasteiger partial charge in [0, 0.05) is 12.0 Å². The predicted molar refractivity (Wildman–Crippen MR) is 116 cm³/mol. The zero-order valence-corrected chi connectivity index (χ0v) is 18.7. The number of ether oxygens (including phenoxy) is 1. The molecule has 2 heterocycles. The molecule has 0 saturated heterocycles. The van der Waals surface area contributed by atoms with Gasteiger partial charge in [0.1, 0.15) is 11.5 Å². The summed E-state index contributed by atoms with van der Waals surface area (Å²) in [6.45, 7) is 2.22. The van der Waals surface area contributed by atoms with E-state index in [2.05, 4.69) is 20.3 Å². The molecule has 4 aliphatic rings. The first-order valence-electron chi connectivity index (χ1n) is 11.7. The normalized spacial score (nSPS) is 33.5. The Morgan fingerprint density at radius 2 is 2.03 bits per heavy atom. The van der Waals surface area contributed by atoms with Crippen molar-refractivity contribution in [2.75, 3.05) is 11.9 Å². The molecule has 0 spiro atoms. The standard InChI is InChI=1S/C22H28ClN5O4/c1-2-7-32-20(31)22-8-12(22)15(16(29)17(22)30)28-9-24-14-18(26-21(23)27-19(14)28)25-13(10-3-4-10)11-5-6-11/h9-13,15-17,29-30H,2-8H2,1H3,(H,25,26,27)/t12-,15-,16+,17+,22+/m1/s1. The van der Waals surface area contributed by atoms with Crippen LogP contribution in [0, 0.1) is 23.2 Å². The molecular weight excluding hydrogens is 434 g/mol. The molecule has 4 fully saturated rings. The number of hydrogen-bond donors (Lipinski definition) is 3. The van der Waals surface area contributed by atoms with Crippen molar-refractivity contribution < 1.29 is 19.7 Å². The second-order valence-electron chi connectivity index (χ2n) is 9.92. The molecule has 4 aliphatic carbocycles. The monoisotopic (exact) mass is 461 g/mol. The maximum Gasteiger partial charge on any atom is 0.315 e. The quantitative estimate of drug-likeness (QED) is 0.404. The zero-order valence-electron chi connectivity index (χ0n) is 17.9. The summed E-state index contributed by atoms with van der Waals surface area (Å²) < 4.78 is 7.09. The van der Waals surface area contributed by atoms with E-state index in [1.54, 1.807) is 10.9 Å². The van der Waals surface area contributed by atoms with Crippen LogP contribution in [0.2, 0.25) is 5.28 Å². The number of esters is 1. The van der Waals surface area contributed by atoms with Crippen LogP contribution in [-0.4, -0.2) is 60.6 Å². The number of carbonyl (C=O) groups excluding carboxylic acids is 1. The first-order chi connectivity index (χ1) is 15.5. The molecule has 6 rings (SSSR count). The Bertz CT molecular complexity index is 1060. The van der Waals surface area contributed by atoms with Crippen LogP contribution < -0.4 is 5.32 Å². The topological polar surface area (TPSA) is 122 Å². The Balaban J connectivity index is 1.33. The summed E-state index contributed by atoms with van der Waals surface area (Å²) in [5, 5.41) is 25.3. The van der Waals surface area contributed by atoms with Crippen LogP contribution in [0.1, 0.15) is 51.5 Å². The fourth-order valence-electron chi connectivity index (χ4n) is 5.74. The lowest BCUT2D eigenvalue weighted by Crippen LogP contribution is -2.38. The van der Waals surface area contributed by atoms with E-state index in [1.807, 2.05) is 6.92 Å². The second kappa shape index (κ2) is 7.27. The Kier molecular flexibility index (Phi) is 4.68. The highest BCUT2D eigenvalue weighted by Crippen LogP contribution is 2.68. The SMILES string of the molecule is CCCOC(=O)[C@@]12C[C@@H]1[C@@H](n1cnc3c(NC(C4CC4)C4CC4)nc(Cl)nc31)[C@H](O)[C@@H]2O. The lowest BCUT2D eigenvalue weighted by molar-refractivity contribution is -0.156. The highest BCUT2D eigenvalue weighted by molar-refractivity contribution is 6.28. The highest BCUT2D eigenvalue weighted by Gasteiger charge is 2.76. The van der Waals surface area contributed by atoms with Gasteiger partial charge in [-0.1, -0.05) is 6.92 Å². The lowest BCUT2D eigenvalue weighted by Gasteiger charge is -2.23. The van der Waals surface area contributed by atoms with Crippen molar-refractivity contribution in [1.82, 2.24) is 19.5 Å². The van der Waals surface area contributed by atoms with E-state index in [0.29, 0.717) is 54.3 Å². The molecule has 10 heteroatoms. The minimum Gasteiger partial charge on any atom is -0.465 e. The first kappa shape index (κ1) is 20.6. The third kappa shape index (κ3) is 3.04. The van der Waals surface area contributed by atoms with Crippen LogP contribution in [0.5, 0.6) is 0 Å². The summed E-state index contributed by atoms with van der Waals surface area (Å²) in [4.78, 5) is 26.1. The van der Waals surface area contributed by atoms with Gasteiger partial charge in [-0.25, -0.2) is 4.98 Å². The van der Waals surface area contributed by atoms with Crippen LogP contribution >= 0.6 is 11.6 Å². The Morgan fingerprint density at radius 1 is 1.31 bits per heavy atom. The molecule has 5 atom stereocenters. The van der Waals surface area contributed by atoms with Crippen LogP contribution in [0.15, 0.2) is 6.33 Å². The Hall–Kier alpha value is -1.97. The Morgan fingerprint density at radius 3 is 2.69 bits per heavy atom. The molecule has 0 bridgehead atoms. The molecule has 172 valence electrons. The van der Waals surface area contributed by atoms with Crippen molar-refractivity contribution in [3.63, 3.8) is 0 Å². The van der Waals surface area contributed by atoms with Crippen molar-refractivity contribution in [1.29, 1.82) is 0 Å². The highest BCUT2D eigenvalue weighted by atomic mass is 35.5. The summed E-state index contributed by atoms with van der Waals surface area (Å²) in [5.41, 5.74) is 0.0318. The van der Waals surface area contributed by atoms with Crippen LogP contribution in [0.4, 0.5) is 5.82 Å². The molecule has 0 aromatic carbocycles. The number of halogens is 1. The number of fused-ring (bicyclic) bond motifs is 2. The fourth-order valence-corrected chi connectivity index (χ4v) is 5.91. The number of anilines is 1. The molecule has 32 heavy (non-hydrogen) atoms. The number of carbonyl (C=O) groups is 1. The van der Waals surface area contributed by atoms with Gasteiger partial charge in [-0.2, -0.15) is 9.97 Å². The zero-order chi connectivity index (χ0) is 22.2. The molecule has 9 nitrogen and oxygen atoms in total. The molecule has 0 unspecified atom stereocenters. The van der Waals surface area contributed by atoms with Gasteiger partial charge in [0.05, 0.1) is 25.1 Å². The summed E-state index contributed by atoms with van der Waals surface area (Å²) in [7, 11) is 0. The largest absolute Gasteiger partial charge is 0.465 e. The van der Waals surface area contributed by atoms with E-state index in [-0.39, 0.29) is 11.2 Å². The minimum absolute atomic E-state index is 0.101. The van der Waals surface area contributed by atoms with Crippen molar-refractivity contribution in [3.05, 3.63) is 11.6 Å². The first-order valence-corrected chi connectivity index (χ1v) is 12.0. The number of aliphatic hydroxyl groups excluding tert-OH is 2. The number of rotatable bonds is 8. The van der Waals surface area contributed by atoms with Crippen molar-refractivity contribution >= 4 is 34.6 Å². The number of hydrogen-bond acceptors (Lipinski definition) is 8. The van der Waals surface area contributed by atoms with E-state index in [9.17, 15) is 15.0 Å². The van der Waals surface area contributed by atoms with Gasteiger partial charge in [-0.05, 0) is 62.0 Å². The number of aliphatic hydroxyl groups is 2. The van der Waals surface area contributed by atoms with Crippen LogP contribution in [0.25, 0.3) is 11.2 Å². The van der Waals surface area contributed by atoms with Gasteiger partial charge in [0.25, 0.3) is 0 Å². The van der Waals surface area contributed by atoms with E-state index < -0.39 is 29.6 Å². The number of imidazole rings is 1. The lowest BCUT2D eigenvalue weighted by atomic mass is 9.99. The van der Waals surface area contributed by atoms with E-state index in [4.69, 9.17) is 16.3 Å². The molecule has 0 amide bonds. The van der Waals surface area contributed by atoms with Crippen molar-refractivity contribution in [2.24, 2.45) is 23.2 Å². The molecule has 2 aromatic heterocycles. The van der Waals surface area contributed by atoms with Gasteiger partial charge in [0.15, 0.2) is 17.0 Å². The maximum atomic E-state index is 12.7. The van der Waals surface area contributed by atoms with Crippen molar-refractivity contribution in [2.45, 2.75) is 69.7 Å². The predicted octanol–water partition coefficient (Wildman–Crippen LogP) is 2.32. The minimum atomic E-state index is -1.19. The van der Waals surface area contributed by atoms with Gasteiger partial charge in [0.2, 0.25) is 5.28 Å². The number of nitrogens with zero attached hydrogens (tertiary/aromatic N) is 4. The number of nitrogens with one attached hydrogen (secondary N) is 1. The second-order valence-corrected chi connectivity index (χ2v) is 10.3. The van der Waals surface area contributed by atoms with Crippen LogP contribution in [-0.2, 0) is 9.53 Å². The third-order valence-corrected chi connectivity index (χ3v) is 7.94. The molecule has 4 saturated carbocycles.